The van der Waals surface area contributed by atoms with Gasteiger partial charge in [0.25, 0.3) is 0 Å². The third kappa shape index (κ3) is 4.46. The number of ether oxygens (including phenoxy) is 1. The standard InChI is InChI=1S/C20H35N5O2/c1-19(2,3)20(17-12-23-14-24-17,15-4-8-21-9-5-15)13-27-18(26)25-16-6-10-22-11-7-16/h12,14-16,21-22H,4-11,13H2,1-3H3,(H,23,24)(H,25,26). The molecule has 2 aliphatic rings. The maximum absolute atomic E-state index is 12.5. The van der Waals surface area contributed by atoms with Crippen molar-refractivity contribution in [3.63, 3.8) is 0 Å². The molecule has 0 spiro atoms. The lowest BCUT2D eigenvalue weighted by Crippen LogP contribution is -2.54. The number of nitrogens with one attached hydrogen (secondary N) is 4. The number of aromatic amines is 1. The fourth-order valence-corrected chi connectivity index (χ4v) is 4.79. The van der Waals surface area contributed by atoms with Crippen LogP contribution in [0.5, 0.6) is 0 Å². The predicted molar refractivity (Wildman–Crippen MR) is 106 cm³/mol. The molecule has 2 aliphatic heterocycles. The van der Waals surface area contributed by atoms with Gasteiger partial charge in [0.05, 0.1) is 17.4 Å². The average molecular weight is 378 g/mol. The lowest BCUT2D eigenvalue weighted by atomic mass is 9.56. The zero-order chi connectivity index (χ0) is 19.3. The zero-order valence-corrected chi connectivity index (χ0v) is 16.9. The highest BCUT2D eigenvalue weighted by atomic mass is 16.5. The number of alkyl carbamates (subject to hydrolysis) is 1. The molecular weight excluding hydrogens is 342 g/mol. The van der Waals surface area contributed by atoms with Gasteiger partial charge in [0.1, 0.15) is 6.61 Å². The van der Waals surface area contributed by atoms with E-state index in [1.807, 2.05) is 6.20 Å². The molecule has 0 aromatic carbocycles. The van der Waals surface area contributed by atoms with Crippen LogP contribution in [0.15, 0.2) is 12.5 Å². The first-order valence-electron chi connectivity index (χ1n) is 10.3. The highest BCUT2D eigenvalue weighted by Crippen LogP contribution is 2.49. The summed E-state index contributed by atoms with van der Waals surface area (Å²) in [6.45, 7) is 10.9. The number of H-pyrrole nitrogens is 1. The number of hydrogen-bond donors (Lipinski definition) is 4. The molecule has 0 saturated carbocycles. The molecule has 3 rings (SSSR count). The number of carbonyl (C=O) groups is 1. The number of rotatable bonds is 5. The fraction of sp³-hybridized carbons (Fsp3) is 0.800. The molecule has 2 saturated heterocycles. The number of hydrogen-bond acceptors (Lipinski definition) is 5. The molecule has 1 atom stereocenters. The lowest BCUT2D eigenvalue weighted by molar-refractivity contribution is 0.00709. The Hall–Kier alpha value is -1.60. The number of nitrogens with zero attached hydrogens (tertiary/aromatic N) is 1. The topological polar surface area (TPSA) is 91.1 Å². The number of carbonyl (C=O) groups excluding carboxylic acids is 1. The SMILES string of the molecule is CC(C)(C)C(COC(=O)NC1CCNCC1)(c1c[nH]cn1)C1CCNCC1. The smallest absolute Gasteiger partial charge is 0.407 e. The van der Waals surface area contributed by atoms with Crippen LogP contribution in [0.4, 0.5) is 4.79 Å². The highest BCUT2D eigenvalue weighted by molar-refractivity contribution is 5.67. The highest BCUT2D eigenvalue weighted by Gasteiger charge is 2.51. The maximum Gasteiger partial charge on any atom is 0.407 e. The lowest BCUT2D eigenvalue weighted by Gasteiger charge is -2.50. The van der Waals surface area contributed by atoms with E-state index in [-0.39, 0.29) is 23.0 Å². The van der Waals surface area contributed by atoms with Gasteiger partial charge in [-0.05, 0) is 63.2 Å². The van der Waals surface area contributed by atoms with Gasteiger partial charge in [0.15, 0.2) is 0 Å². The van der Waals surface area contributed by atoms with Gasteiger partial charge in [-0.2, -0.15) is 0 Å². The first-order valence-corrected chi connectivity index (χ1v) is 10.3. The van der Waals surface area contributed by atoms with Crippen molar-refractivity contribution in [2.45, 2.75) is 57.9 Å². The first-order chi connectivity index (χ1) is 12.9. The molecule has 0 aliphatic carbocycles. The second kappa shape index (κ2) is 8.61. The van der Waals surface area contributed by atoms with Crippen LogP contribution in [0.25, 0.3) is 0 Å². The molecule has 1 aromatic rings. The molecule has 7 heteroatoms. The van der Waals surface area contributed by atoms with Gasteiger partial charge in [-0.15, -0.1) is 0 Å². The fourth-order valence-electron chi connectivity index (χ4n) is 4.79. The summed E-state index contributed by atoms with van der Waals surface area (Å²) in [5.41, 5.74) is 0.580. The Kier molecular flexibility index (Phi) is 6.42. The minimum Gasteiger partial charge on any atom is -0.449 e. The summed E-state index contributed by atoms with van der Waals surface area (Å²) < 4.78 is 5.87. The Morgan fingerprint density at radius 2 is 1.78 bits per heavy atom. The van der Waals surface area contributed by atoms with Crippen molar-refractivity contribution in [1.82, 2.24) is 25.9 Å². The Morgan fingerprint density at radius 1 is 1.15 bits per heavy atom. The first kappa shape index (κ1) is 20.1. The van der Waals surface area contributed by atoms with Crippen LogP contribution in [-0.4, -0.2) is 54.9 Å². The van der Waals surface area contributed by atoms with Crippen molar-refractivity contribution in [3.05, 3.63) is 18.2 Å². The summed E-state index contributed by atoms with van der Waals surface area (Å²) in [5, 5.41) is 9.81. The summed E-state index contributed by atoms with van der Waals surface area (Å²) >= 11 is 0. The minimum atomic E-state index is -0.319. The number of amides is 1. The second-order valence-corrected chi connectivity index (χ2v) is 8.94. The summed E-state index contributed by atoms with van der Waals surface area (Å²) in [7, 11) is 0. The molecule has 3 heterocycles. The molecule has 1 unspecified atom stereocenters. The second-order valence-electron chi connectivity index (χ2n) is 8.94. The Labute approximate surface area is 162 Å². The van der Waals surface area contributed by atoms with Crippen molar-refractivity contribution in [1.29, 1.82) is 0 Å². The van der Waals surface area contributed by atoms with Gasteiger partial charge in [0.2, 0.25) is 0 Å². The van der Waals surface area contributed by atoms with Gasteiger partial charge in [-0.1, -0.05) is 20.8 Å². The summed E-state index contributed by atoms with van der Waals surface area (Å²) in [6, 6.07) is 0.201. The summed E-state index contributed by atoms with van der Waals surface area (Å²) in [6.07, 6.45) is 7.42. The van der Waals surface area contributed by atoms with E-state index in [1.165, 1.54) is 0 Å². The normalized spacial score (nSPS) is 22.2. The Balaban J connectivity index is 1.77. The predicted octanol–water partition coefficient (Wildman–Crippen LogP) is 2.17. The van der Waals surface area contributed by atoms with E-state index in [9.17, 15) is 4.79 Å². The van der Waals surface area contributed by atoms with E-state index in [0.29, 0.717) is 12.5 Å². The average Bonchev–Trinajstić information content (AvgIpc) is 3.18. The van der Waals surface area contributed by atoms with Gasteiger partial charge >= 0.3 is 6.09 Å². The van der Waals surface area contributed by atoms with E-state index < -0.39 is 0 Å². The van der Waals surface area contributed by atoms with Crippen LogP contribution < -0.4 is 16.0 Å². The molecule has 2 fully saturated rings. The zero-order valence-electron chi connectivity index (χ0n) is 16.9. The van der Waals surface area contributed by atoms with Crippen molar-refractivity contribution in [2.75, 3.05) is 32.8 Å². The molecular formula is C20H35N5O2. The quantitative estimate of drug-likeness (QED) is 0.631. The molecule has 0 radical (unpaired) electrons. The number of imidazole rings is 1. The van der Waals surface area contributed by atoms with E-state index in [1.54, 1.807) is 6.33 Å². The van der Waals surface area contributed by atoms with Gasteiger partial charge in [-0.3, -0.25) is 0 Å². The number of aromatic nitrogens is 2. The van der Waals surface area contributed by atoms with Gasteiger partial charge < -0.3 is 25.7 Å². The largest absolute Gasteiger partial charge is 0.449 e. The maximum atomic E-state index is 12.5. The summed E-state index contributed by atoms with van der Waals surface area (Å²) in [4.78, 5) is 20.3. The summed E-state index contributed by atoms with van der Waals surface area (Å²) in [5.74, 6) is 0.411. The van der Waals surface area contributed by atoms with E-state index >= 15 is 0 Å². The third-order valence-electron chi connectivity index (χ3n) is 6.42. The monoisotopic (exact) mass is 377 g/mol. The van der Waals surface area contributed by atoms with Crippen LogP contribution in [0, 0.1) is 11.3 Å². The molecule has 7 nitrogen and oxygen atoms in total. The van der Waals surface area contributed by atoms with Crippen molar-refractivity contribution < 1.29 is 9.53 Å². The number of piperidine rings is 2. The van der Waals surface area contributed by atoms with Crippen LogP contribution in [-0.2, 0) is 10.2 Å². The molecule has 152 valence electrons. The molecule has 27 heavy (non-hydrogen) atoms. The Bertz CT molecular complexity index is 586. The van der Waals surface area contributed by atoms with Gasteiger partial charge in [0, 0.05) is 12.2 Å². The van der Waals surface area contributed by atoms with Crippen LogP contribution in [0.2, 0.25) is 0 Å². The third-order valence-corrected chi connectivity index (χ3v) is 6.42. The van der Waals surface area contributed by atoms with Crippen LogP contribution in [0.3, 0.4) is 0 Å². The molecule has 1 amide bonds. The van der Waals surface area contributed by atoms with Crippen molar-refractivity contribution in [3.8, 4) is 0 Å². The molecule has 1 aromatic heterocycles. The van der Waals surface area contributed by atoms with E-state index in [2.05, 4.69) is 46.7 Å². The van der Waals surface area contributed by atoms with Crippen molar-refractivity contribution in [2.24, 2.45) is 11.3 Å². The minimum absolute atomic E-state index is 0.0980. The molecule has 4 N–H and O–H groups in total. The molecule has 0 bridgehead atoms. The van der Waals surface area contributed by atoms with Crippen LogP contribution in [0.1, 0.15) is 52.1 Å². The van der Waals surface area contributed by atoms with Crippen LogP contribution >= 0.6 is 0 Å². The van der Waals surface area contributed by atoms with Crippen molar-refractivity contribution >= 4 is 6.09 Å². The van der Waals surface area contributed by atoms with Gasteiger partial charge in [-0.25, -0.2) is 9.78 Å². The van der Waals surface area contributed by atoms with E-state index in [4.69, 9.17) is 4.74 Å². The Morgan fingerprint density at radius 3 is 2.33 bits per heavy atom. The van der Waals surface area contributed by atoms with E-state index in [0.717, 1.165) is 57.6 Å².